The van der Waals surface area contributed by atoms with E-state index in [0.29, 0.717) is 12.6 Å². The highest BCUT2D eigenvalue weighted by Crippen LogP contribution is 2.14. The summed E-state index contributed by atoms with van der Waals surface area (Å²) < 4.78 is 0. The molecule has 0 saturated carbocycles. The van der Waals surface area contributed by atoms with Gasteiger partial charge in [-0.3, -0.25) is 9.59 Å². The minimum atomic E-state index is 0.238. The van der Waals surface area contributed by atoms with Crippen LogP contribution >= 0.6 is 0 Å². The van der Waals surface area contributed by atoms with E-state index in [1.54, 1.807) is 6.08 Å². The molecule has 0 unspecified atom stereocenters. The molecule has 0 saturated heterocycles. The van der Waals surface area contributed by atoms with E-state index >= 15 is 0 Å². The Morgan fingerprint density at radius 1 is 0.438 bits per heavy atom. The van der Waals surface area contributed by atoms with Crippen LogP contribution in [0, 0.1) is 0 Å². The summed E-state index contributed by atoms with van der Waals surface area (Å²) in [5, 5.41) is 0. The number of allylic oxidation sites excluding steroid dienone is 12. The highest BCUT2D eigenvalue weighted by atomic mass is 16.1. The third kappa shape index (κ3) is 18.5. The lowest BCUT2D eigenvalue weighted by molar-refractivity contribution is -0.109. The Bertz CT molecular complexity index is 725. The van der Waals surface area contributed by atoms with Gasteiger partial charge in [0.1, 0.15) is 0 Å². The molecule has 32 heavy (non-hydrogen) atoms. The van der Waals surface area contributed by atoms with Crippen molar-refractivity contribution in [1.82, 2.24) is 0 Å². The highest BCUT2D eigenvalue weighted by molar-refractivity contribution is 5.99. The van der Waals surface area contributed by atoms with Gasteiger partial charge in [-0.2, -0.15) is 0 Å². The van der Waals surface area contributed by atoms with E-state index in [-0.39, 0.29) is 5.57 Å². The van der Waals surface area contributed by atoms with Gasteiger partial charge in [0.15, 0.2) is 12.6 Å². The van der Waals surface area contributed by atoms with Crippen LogP contribution < -0.4 is 0 Å². The van der Waals surface area contributed by atoms with Gasteiger partial charge in [0.25, 0.3) is 0 Å². The van der Waals surface area contributed by atoms with Crippen LogP contribution in [0.15, 0.2) is 69.9 Å². The van der Waals surface area contributed by atoms with Crippen molar-refractivity contribution in [1.29, 1.82) is 0 Å². The molecule has 0 fully saturated rings. The van der Waals surface area contributed by atoms with Gasteiger partial charge in [-0.1, -0.05) is 64.3 Å². The van der Waals surface area contributed by atoms with Gasteiger partial charge in [0.05, 0.1) is 5.57 Å². The average molecular weight is 439 g/mol. The van der Waals surface area contributed by atoms with Gasteiger partial charge >= 0.3 is 0 Å². The minimum Gasteiger partial charge on any atom is -0.298 e. The molecule has 0 aliphatic heterocycles. The summed E-state index contributed by atoms with van der Waals surface area (Å²) in [6.07, 6.45) is 25.3. The van der Waals surface area contributed by atoms with Crippen LogP contribution in [-0.2, 0) is 9.59 Å². The zero-order valence-corrected chi connectivity index (χ0v) is 21.5. The van der Waals surface area contributed by atoms with Gasteiger partial charge in [-0.05, 0) is 106 Å². The van der Waals surface area contributed by atoms with E-state index in [9.17, 15) is 9.59 Å². The maximum absolute atomic E-state index is 10.6. The van der Waals surface area contributed by atoms with Crippen molar-refractivity contribution in [3.63, 3.8) is 0 Å². The molecular formula is C30H46O2. The first-order valence-corrected chi connectivity index (χ1v) is 12.1. The summed E-state index contributed by atoms with van der Waals surface area (Å²) in [5.41, 5.74) is 7.39. The molecule has 0 aliphatic rings. The van der Waals surface area contributed by atoms with Gasteiger partial charge in [0, 0.05) is 0 Å². The molecule has 2 nitrogen and oxygen atoms in total. The normalized spacial score (nSPS) is 13.1. The zero-order chi connectivity index (χ0) is 24.2. The zero-order valence-electron chi connectivity index (χ0n) is 21.5. The maximum Gasteiger partial charge on any atom is 0.153 e. The van der Waals surface area contributed by atoms with Gasteiger partial charge < -0.3 is 0 Å². The van der Waals surface area contributed by atoms with E-state index in [2.05, 4.69) is 71.9 Å². The summed E-state index contributed by atoms with van der Waals surface area (Å²) in [6, 6.07) is 0. The van der Waals surface area contributed by atoms with Crippen LogP contribution in [0.5, 0.6) is 0 Å². The van der Waals surface area contributed by atoms with Gasteiger partial charge in [0.2, 0.25) is 0 Å². The number of aldehydes is 2. The van der Waals surface area contributed by atoms with E-state index in [0.717, 1.165) is 57.8 Å². The lowest BCUT2D eigenvalue weighted by Crippen LogP contribution is -1.86. The number of unbranched alkanes of at least 4 members (excludes halogenated alkanes) is 1. The molecular weight excluding hydrogens is 392 g/mol. The number of carbonyl (C=O) groups is 2. The van der Waals surface area contributed by atoms with E-state index in [4.69, 9.17) is 0 Å². The number of rotatable bonds is 17. The molecule has 0 radical (unpaired) electrons. The van der Waals surface area contributed by atoms with Crippen LogP contribution in [0.1, 0.15) is 106 Å². The largest absolute Gasteiger partial charge is 0.298 e. The Morgan fingerprint density at radius 3 is 1.09 bits per heavy atom. The lowest BCUT2D eigenvalue weighted by atomic mass is 10.0. The lowest BCUT2D eigenvalue weighted by Gasteiger charge is -2.02. The summed E-state index contributed by atoms with van der Waals surface area (Å²) in [5.74, 6) is 0. The molecule has 0 aromatic heterocycles. The third-order valence-corrected chi connectivity index (χ3v) is 5.50. The standard InChI is InChI=1S/C30H46O2/c1-25(2)13-9-16-28(5)19-10-17-26(3)14-7-8-15-27(4)18-11-20-29(6)21-12-22-30(23-31)24-32/h13-15,19-20,22-24H,7-12,16-18,21H2,1-6H3/b26-14+,27-15+,28-19+,29-20+. The van der Waals surface area contributed by atoms with E-state index < -0.39 is 0 Å². The summed E-state index contributed by atoms with van der Waals surface area (Å²) in [6.45, 7) is 13.1. The molecule has 0 rings (SSSR count). The first kappa shape index (κ1) is 29.8. The predicted molar refractivity (Wildman–Crippen MR) is 141 cm³/mol. The molecule has 2 heteroatoms. The Morgan fingerprint density at radius 2 is 0.750 bits per heavy atom. The Hall–Kier alpha value is -2.22. The van der Waals surface area contributed by atoms with Gasteiger partial charge in [-0.15, -0.1) is 0 Å². The second-order valence-electron chi connectivity index (χ2n) is 9.16. The number of hydrogen-bond donors (Lipinski definition) is 0. The minimum absolute atomic E-state index is 0.238. The van der Waals surface area contributed by atoms with Crippen molar-refractivity contribution < 1.29 is 9.59 Å². The van der Waals surface area contributed by atoms with Gasteiger partial charge in [-0.25, -0.2) is 0 Å². The topological polar surface area (TPSA) is 34.1 Å². The molecule has 0 heterocycles. The molecule has 0 amide bonds. The van der Waals surface area contributed by atoms with Crippen LogP contribution in [0.2, 0.25) is 0 Å². The first-order valence-electron chi connectivity index (χ1n) is 12.1. The van der Waals surface area contributed by atoms with Crippen molar-refractivity contribution in [2.24, 2.45) is 0 Å². The van der Waals surface area contributed by atoms with Crippen molar-refractivity contribution in [2.75, 3.05) is 0 Å². The summed E-state index contributed by atoms with van der Waals surface area (Å²) in [7, 11) is 0. The Balaban J connectivity index is 4.12. The fraction of sp³-hybridized carbons (Fsp3) is 0.533. The fourth-order valence-electron chi connectivity index (χ4n) is 3.34. The van der Waals surface area contributed by atoms with Crippen LogP contribution in [0.4, 0.5) is 0 Å². The molecule has 0 aromatic rings. The molecule has 0 aromatic carbocycles. The fourth-order valence-corrected chi connectivity index (χ4v) is 3.34. The van der Waals surface area contributed by atoms with Crippen molar-refractivity contribution >= 4 is 12.6 Å². The molecule has 0 bridgehead atoms. The first-order chi connectivity index (χ1) is 15.3. The average Bonchev–Trinajstić information content (AvgIpc) is 2.74. The molecule has 0 spiro atoms. The van der Waals surface area contributed by atoms with Crippen molar-refractivity contribution in [3.8, 4) is 0 Å². The van der Waals surface area contributed by atoms with E-state index in [1.165, 1.54) is 34.3 Å². The maximum atomic E-state index is 10.6. The molecule has 178 valence electrons. The van der Waals surface area contributed by atoms with Crippen molar-refractivity contribution in [3.05, 3.63) is 69.9 Å². The molecule has 0 aliphatic carbocycles. The van der Waals surface area contributed by atoms with Crippen LogP contribution in [0.25, 0.3) is 0 Å². The second-order valence-corrected chi connectivity index (χ2v) is 9.16. The monoisotopic (exact) mass is 438 g/mol. The molecule has 0 atom stereocenters. The summed E-state index contributed by atoms with van der Waals surface area (Å²) in [4.78, 5) is 21.2. The quantitative estimate of drug-likeness (QED) is 0.0567. The summed E-state index contributed by atoms with van der Waals surface area (Å²) >= 11 is 0. The van der Waals surface area contributed by atoms with Crippen LogP contribution in [-0.4, -0.2) is 12.6 Å². The number of hydrogen-bond acceptors (Lipinski definition) is 2. The highest BCUT2D eigenvalue weighted by Gasteiger charge is 1.95. The SMILES string of the molecule is CC(C)=CCC/C(C)=C/CC/C(C)=C/CC/C=C(\C)CC/C=C(\C)CCC=C(C=O)C=O. The van der Waals surface area contributed by atoms with E-state index in [1.807, 2.05) is 0 Å². The smallest absolute Gasteiger partial charge is 0.153 e. The van der Waals surface area contributed by atoms with Crippen molar-refractivity contribution in [2.45, 2.75) is 106 Å². The Labute approximate surface area is 198 Å². The second kappa shape index (κ2) is 19.5. The Kier molecular flexibility index (Phi) is 18.1. The number of carbonyl (C=O) groups excluding carboxylic acids is 2. The molecule has 0 N–H and O–H groups in total. The predicted octanol–water partition coefficient (Wildman–Crippen LogP) is 8.96. The van der Waals surface area contributed by atoms with Crippen LogP contribution in [0.3, 0.4) is 0 Å². The third-order valence-electron chi connectivity index (χ3n) is 5.50.